The maximum absolute atomic E-state index is 13.4. The molecule has 0 bridgehead atoms. The highest BCUT2D eigenvalue weighted by atomic mass is 32.2. The highest BCUT2D eigenvalue weighted by molar-refractivity contribution is 7.89. The fraction of sp³-hybridized carbons (Fsp3) is 0.200. The van der Waals surface area contributed by atoms with Gasteiger partial charge in [0.2, 0.25) is 16.8 Å². The molecule has 0 unspecified atom stereocenters. The normalized spacial score (nSPS) is 13.1. The zero-order valence-corrected chi connectivity index (χ0v) is 13.1. The number of nitrogens with one attached hydrogen (secondary N) is 1. The number of fused-ring (bicyclic) bond motifs is 1. The van der Waals surface area contributed by atoms with Gasteiger partial charge in [-0.2, -0.15) is 0 Å². The maximum Gasteiger partial charge on any atom is 0.240 e. The average Bonchev–Trinajstić information content (AvgIpc) is 3.00. The Morgan fingerprint density at radius 1 is 1.08 bits per heavy atom. The van der Waals surface area contributed by atoms with Crippen molar-refractivity contribution in [3.05, 3.63) is 48.0 Å². The van der Waals surface area contributed by atoms with Crippen molar-refractivity contribution < 1.29 is 31.4 Å². The number of ether oxygens (including phenoxy) is 3. The third-order valence-electron chi connectivity index (χ3n) is 3.20. The molecule has 0 radical (unpaired) electrons. The van der Waals surface area contributed by atoms with E-state index in [1.807, 2.05) is 0 Å². The van der Waals surface area contributed by atoms with Gasteiger partial charge in [0.1, 0.15) is 12.4 Å². The second-order valence-electron chi connectivity index (χ2n) is 4.84. The Kier molecular flexibility index (Phi) is 4.54. The molecule has 2 aromatic carbocycles. The van der Waals surface area contributed by atoms with Gasteiger partial charge in [-0.05, 0) is 24.3 Å². The van der Waals surface area contributed by atoms with Gasteiger partial charge in [0.15, 0.2) is 23.1 Å². The van der Waals surface area contributed by atoms with Crippen LogP contribution in [0.2, 0.25) is 0 Å². The zero-order chi connectivity index (χ0) is 17.2. The fourth-order valence-corrected chi connectivity index (χ4v) is 3.08. The third kappa shape index (κ3) is 3.57. The molecule has 24 heavy (non-hydrogen) atoms. The molecule has 3 rings (SSSR count). The van der Waals surface area contributed by atoms with Crippen molar-refractivity contribution in [3.63, 3.8) is 0 Å². The highest BCUT2D eigenvalue weighted by Crippen LogP contribution is 2.33. The summed E-state index contributed by atoms with van der Waals surface area (Å²) in [5.41, 5.74) is 0. The SMILES string of the molecule is O=S(=O)(NCCOc1ccc(F)cc1F)c1ccc2c(c1)OCO2. The molecular weight excluding hydrogens is 344 g/mol. The van der Waals surface area contributed by atoms with Gasteiger partial charge in [0.25, 0.3) is 0 Å². The topological polar surface area (TPSA) is 73.9 Å². The molecule has 0 aliphatic carbocycles. The van der Waals surface area contributed by atoms with Crippen molar-refractivity contribution in [3.8, 4) is 17.2 Å². The first-order valence-corrected chi connectivity index (χ1v) is 8.41. The number of rotatable bonds is 6. The lowest BCUT2D eigenvalue weighted by molar-refractivity contribution is 0.174. The van der Waals surface area contributed by atoms with Gasteiger partial charge in [-0.25, -0.2) is 21.9 Å². The lowest BCUT2D eigenvalue weighted by atomic mass is 10.3. The van der Waals surface area contributed by atoms with E-state index in [2.05, 4.69) is 4.72 Å². The Morgan fingerprint density at radius 2 is 1.88 bits per heavy atom. The summed E-state index contributed by atoms with van der Waals surface area (Å²) in [5, 5.41) is 0. The Bertz CT molecular complexity index is 857. The van der Waals surface area contributed by atoms with Crippen molar-refractivity contribution in [2.24, 2.45) is 0 Å². The first-order chi connectivity index (χ1) is 11.5. The van der Waals surface area contributed by atoms with Crippen LogP contribution in [0.5, 0.6) is 17.2 Å². The van der Waals surface area contributed by atoms with E-state index in [0.717, 1.165) is 12.1 Å². The van der Waals surface area contributed by atoms with Crippen LogP contribution in [-0.4, -0.2) is 28.4 Å². The van der Waals surface area contributed by atoms with Gasteiger partial charge < -0.3 is 14.2 Å². The van der Waals surface area contributed by atoms with E-state index in [-0.39, 0.29) is 30.6 Å². The van der Waals surface area contributed by atoms with Gasteiger partial charge in [-0.15, -0.1) is 0 Å². The first-order valence-electron chi connectivity index (χ1n) is 6.93. The molecular formula is C15H13F2NO5S. The van der Waals surface area contributed by atoms with E-state index in [1.54, 1.807) is 0 Å². The lowest BCUT2D eigenvalue weighted by Gasteiger charge is -2.09. The molecule has 0 fully saturated rings. The zero-order valence-electron chi connectivity index (χ0n) is 12.3. The molecule has 2 aromatic rings. The molecule has 0 saturated heterocycles. The molecule has 0 aromatic heterocycles. The summed E-state index contributed by atoms with van der Waals surface area (Å²) in [4.78, 5) is 0.0136. The molecule has 1 aliphatic heterocycles. The van der Waals surface area contributed by atoms with E-state index >= 15 is 0 Å². The summed E-state index contributed by atoms with van der Waals surface area (Å²) >= 11 is 0. The van der Waals surface area contributed by atoms with Crippen LogP contribution < -0.4 is 18.9 Å². The Balaban J connectivity index is 1.57. The van der Waals surface area contributed by atoms with E-state index in [4.69, 9.17) is 14.2 Å². The van der Waals surface area contributed by atoms with Crippen molar-refractivity contribution >= 4 is 10.0 Å². The third-order valence-corrected chi connectivity index (χ3v) is 4.66. The average molecular weight is 357 g/mol. The Morgan fingerprint density at radius 3 is 2.67 bits per heavy atom. The molecule has 0 spiro atoms. The highest BCUT2D eigenvalue weighted by Gasteiger charge is 2.20. The van der Waals surface area contributed by atoms with Crippen LogP contribution in [-0.2, 0) is 10.0 Å². The van der Waals surface area contributed by atoms with Gasteiger partial charge in [0.05, 0.1) is 4.90 Å². The maximum atomic E-state index is 13.4. The lowest BCUT2D eigenvalue weighted by Crippen LogP contribution is -2.28. The number of hydrogen-bond donors (Lipinski definition) is 1. The van der Waals surface area contributed by atoms with Crippen molar-refractivity contribution in [1.82, 2.24) is 4.72 Å². The van der Waals surface area contributed by atoms with Crippen molar-refractivity contribution in [1.29, 1.82) is 0 Å². The number of sulfonamides is 1. The smallest absolute Gasteiger partial charge is 0.240 e. The van der Waals surface area contributed by atoms with E-state index in [9.17, 15) is 17.2 Å². The summed E-state index contributed by atoms with van der Waals surface area (Å²) in [7, 11) is -3.77. The van der Waals surface area contributed by atoms with Crippen LogP contribution in [0, 0.1) is 11.6 Å². The van der Waals surface area contributed by atoms with Gasteiger partial charge in [0, 0.05) is 18.7 Å². The van der Waals surface area contributed by atoms with Gasteiger partial charge in [-0.3, -0.25) is 0 Å². The van der Waals surface area contributed by atoms with Gasteiger partial charge in [-0.1, -0.05) is 0 Å². The van der Waals surface area contributed by atoms with Crippen LogP contribution in [0.25, 0.3) is 0 Å². The number of hydrogen-bond acceptors (Lipinski definition) is 5. The molecule has 1 heterocycles. The van der Waals surface area contributed by atoms with E-state index in [1.165, 1.54) is 18.2 Å². The van der Waals surface area contributed by atoms with E-state index in [0.29, 0.717) is 17.6 Å². The fourth-order valence-electron chi connectivity index (χ4n) is 2.06. The van der Waals surface area contributed by atoms with Crippen molar-refractivity contribution in [2.75, 3.05) is 19.9 Å². The summed E-state index contributed by atoms with van der Waals surface area (Å²) < 4.78 is 68.1. The van der Waals surface area contributed by atoms with Crippen LogP contribution in [0.15, 0.2) is 41.3 Å². The minimum atomic E-state index is -3.77. The summed E-state index contributed by atoms with van der Waals surface area (Å²) in [6.07, 6.45) is 0. The van der Waals surface area contributed by atoms with Gasteiger partial charge >= 0.3 is 0 Å². The molecule has 6 nitrogen and oxygen atoms in total. The van der Waals surface area contributed by atoms with Crippen LogP contribution in [0.3, 0.4) is 0 Å². The van der Waals surface area contributed by atoms with Crippen LogP contribution in [0.1, 0.15) is 0 Å². The minimum absolute atomic E-state index is 0.0136. The largest absolute Gasteiger partial charge is 0.489 e. The number of halogens is 2. The molecule has 9 heteroatoms. The predicted octanol–water partition coefficient (Wildman–Crippen LogP) is 2.05. The monoisotopic (exact) mass is 357 g/mol. The second-order valence-corrected chi connectivity index (χ2v) is 6.60. The van der Waals surface area contributed by atoms with Crippen LogP contribution >= 0.6 is 0 Å². The summed E-state index contributed by atoms with van der Waals surface area (Å²) in [6.45, 7) is -0.163. The summed E-state index contributed by atoms with van der Waals surface area (Å²) in [6, 6.07) is 7.11. The second kappa shape index (κ2) is 6.62. The molecule has 1 N–H and O–H groups in total. The Labute approximate surface area is 137 Å². The first kappa shape index (κ1) is 16.5. The quantitative estimate of drug-likeness (QED) is 0.801. The van der Waals surface area contributed by atoms with Crippen LogP contribution in [0.4, 0.5) is 8.78 Å². The minimum Gasteiger partial charge on any atom is -0.489 e. The van der Waals surface area contributed by atoms with E-state index < -0.39 is 21.7 Å². The Hall–Kier alpha value is -2.39. The summed E-state index contributed by atoms with van der Waals surface area (Å²) in [5.74, 6) is -0.901. The molecule has 128 valence electrons. The molecule has 0 atom stereocenters. The predicted molar refractivity (Wildman–Crippen MR) is 79.6 cm³/mol. The molecule has 1 aliphatic rings. The van der Waals surface area contributed by atoms with Crippen molar-refractivity contribution in [2.45, 2.75) is 4.90 Å². The molecule has 0 amide bonds. The molecule has 0 saturated carbocycles. The standard InChI is InChI=1S/C15H13F2NO5S/c16-10-1-3-13(12(17)7-10)21-6-5-18-24(19,20)11-2-4-14-15(8-11)23-9-22-14/h1-4,7-8,18H,5-6,9H2. The number of benzene rings is 2.